The number of carboxylic acids is 1. The van der Waals surface area contributed by atoms with Crippen LogP contribution in [-0.4, -0.2) is 16.9 Å². The summed E-state index contributed by atoms with van der Waals surface area (Å²) in [5.74, 6) is -0.877. The van der Waals surface area contributed by atoms with Crippen molar-refractivity contribution >= 4 is 24.2 Å². The first kappa shape index (κ1) is 12.4. The number of rotatable bonds is 3. The summed E-state index contributed by atoms with van der Waals surface area (Å²) in [5.41, 5.74) is 6.54. The Bertz CT molecular complexity index is 335. The third kappa shape index (κ3) is 3.45. The van der Waals surface area contributed by atoms with Gasteiger partial charge in [0, 0.05) is 5.56 Å². The van der Waals surface area contributed by atoms with Gasteiger partial charge < -0.3 is 10.8 Å². The molecule has 0 saturated heterocycles. The maximum Gasteiger partial charge on any atom is 0.307 e. The summed E-state index contributed by atoms with van der Waals surface area (Å²) in [4.78, 5) is 10.3. The van der Waals surface area contributed by atoms with Gasteiger partial charge in [-0.1, -0.05) is 24.3 Å². The van der Waals surface area contributed by atoms with Crippen molar-refractivity contribution in [3.05, 3.63) is 35.4 Å². The van der Waals surface area contributed by atoms with E-state index >= 15 is 0 Å². The first-order valence-corrected chi connectivity index (χ1v) is 3.74. The Morgan fingerprint density at radius 2 is 1.86 bits per heavy atom. The molecule has 0 bridgehead atoms. The molecule has 5 heteroatoms. The number of benzene rings is 1. The molecule has 0 radical (unpaired) electrons. The Morgan fingerprint density at radius 3 is 2.21 bits per heavy atom. The predicted octanol–water partition coefficient (Wildman–Crippen LogP) is 1.02. The van der Waals surface area contributed by atoms with Crippen molar-refractivity contribution in [2.24, 2.45) is 5.73 Å². The van der Waals surface area contributed by atoms with Gasteiger partial charge in [0.1, 0.15) is 5.84 Å². The van der Waals surface area contributed by atoms with E-state index in [0.717, 1.165) is 0 Å². The molecular weight excluding hydrogens is 204 g/mol. The van der Waals surface area contributed by atoms with Crippen molar-refractivity contribution in [1.29, 1.82) is 5.41 Å². The average Bonchev–Trinajstić information content (AvgIpc) is 2.04. The maximum atomic E-state index is 10.3. The van der Waals surface area contributed by atoms with Crippen LogP contribution in [0, 0.1) is 5.41 Å². The van der Waals surface area contributed by atoms with Gasteiger partial charge in [0.25, 0.3) is 0 Å². The highest BCUT2D eigenvalue weighted by Crippen LogP contribution is 2.04. The van der Waals surface area contributed by atoms with Gasteiger partial charge in [-0.15, -0.1) is 12.4 Å². The van der Waals surface area contributed by atoms with Gasteiger partial charge in [-0.05, 0) is 5.56 Å². The Hall–Kier alpha value is -1.55. The van der Waals surface area contributed by atoms with Crippen LogP contribution in [-0.2, 0) is 11.2 Å². The topological polar surface area (TPSA) is 87.2 Å². The minimum atomic E-state index is -0.865. The summed E-state index contributed by atoms with van der Waals surface area (Å²) >= 11 is 0. The molecule has 0 spiro atoms. The summed E-state index contributed by atoms with van der Waals surface area (Å²) in [6, 6.07) is 6.59. The highest BCUT2D eigenvalue weighted by Gasteiger charge is 2.00. The second kappa shape index (κ2) is 5.24. The molecule has 0 aliphatic rings. The van der Waals surface area contributed by atoms with E-state index in [2.05, 4.69) is 0 Å². The van der Waals surface area contributed by atoms with Crippen molar-refractivity contribution < 1.29 is 9.90 Å². The Morgan fingerprint density at radius 1 is 1.36 bits per heavy atom. The van der Waals surface area contributed by atoms with Crippen LogP contribution in [0.2, 0.25) is 0 Å². The summed E-state index contributed by atoms with van der Waals surface area (Å²) in [7, 11) is 0. The van der Waals surface area contributed by atoms with Crippen molar-refractivity contribution in [1.82, 2.24) is 0 Å². The summed E-state index contributed by atoms with van der Waals surface area (Å²) in [5, 5.41) is 15.6. The van der Waals surface area contributed by atoms with Gasteiger partial charge in [0.2, 0.25) is 0 Å². The van der Waals surface area contributed by atoms with Crippen LogP contribution in [0.3, 0.4) is 0 Å². The molecule has 0 unspecified atom stereocenters. The minimum Gasteiger partial charge on any atom is -0.481 e. The molecule has 1 aromatic carbocycles. The second-order valence-corrected chi connectivity index (χ2v) is 2.68. The lowest BCUT2D eigenvalue weighted by molar-refractivity contribution is -0.136. The van der Waals surface area contributed by atoms with Crippen LogP contribution in [0.1, 0.15) is 11.1 Å². The second-order valence-electron chi connectivity index (χ2n) is 2.68. The number of nitrogens with one attached hydrogen (secondary N) is 1. The number of hydrogen-bond donors (Lipinski definition) is 3. The Balaban J connectivity index is 0.00000169. The minimum absolute atomic E-state index is 0. The molecule has 1 rings (SSSR count). The molecule has 0 atom stereocenters. The molecule has 76 valence electrons. The van der Waals surface area contributed by atoms with Crippen LogP contribution in [0.25, 0.3) is 0 Å². The zero-order valence-electron chi connectivity index (χ0n) is 7.36. The highest BCUT2D eigenvalue weighted by atomic mass is 35.5. The van der Waals surface area contributed by atoms with Gasteiger partial charge in [-0.2, -0.15) is 0 Å². The molecule has 0 fully saturated rings. The van der Waals surface area contributed by atoms with E-state index in [4.69, 9.17) is 16.2 Å². The zero-order chi connectivity index (χ0) is 9.84. The number of aliphatic carboxylic acids is 1. The van der Waals surface area contributed by atoms with Crippen LogP contribution >= 0.6 is 12.4 Å². The van der Waals surface area contributed by atoms with Crippen molar-refractivity contribution in [3.8, 4) is 0 Å². The summed E-state index contributed by atoms with van der Waals surface area (Å²) in [6.45, 7) is 0. The van der Waals surface area contributed by atoms with Crippen LogP contribution in [0.4, 0.5) is 0 Å². The third-order valence-electron chi connectivity index (χ3n) is 1.62. The Labute approximate surface area is 87.7 Å². The smallest absolute Gasteiger partial charge is 0.307 e. The molecule has 1 aromatic rings. The van der Waals surface area contributed by atoms with Gasteiger partial charge >= 0.3 is 5.97 Å². The number of hydrogen-bond acceptors (Lipinski definition) is 2. The lowest BCUT2D eigenvalue weighted by Gasteiger charge is -1.99. The van der Waals surface area contributed by atoms with E-state index in [1.54, 1.807) is 24.3 Å². The SMILES string of the molecule is Cl.N=C(N)c1ccc(CC(=O)O)cc1. The number of nitrogens with two attached hydrogens (primary N) is 1. The zero-order valence-corrected chi connectivity index (χ0v) is 8.17. The lowest BCUT2D eigenvalue weighted by atomic mass is 10.1. The van der Waals surface area contributed by atoms with E-state index < -0.39 is 5.97 Å². The number of carbonyl (C=O) groups is 1. The molecule has 14 heavy (non-hydrogen) atoms. The van der Waals surface area contributed by atoms with E-state index in [1.165, 1.54) is 0 Å². The van der Waals surface area contributed by atoms with E-state index in [9.17, 15) is 4.79 Å². The summed E-state index contributed by atoms with van der Waals surface area (Å²) in [6.07, 6.45) is -0.00180. The lowest BCUT2D eigenvalue weighted by Crippen LogP contribution is -2.11. The molecule has 4 nitrogen and oxygen atoms in total. The van der Waals surface area contributed by atoms with E-state index in [1.807, 2.05) is 0 Å². The fourth-order valence-corrected chi connectivity index (χ4v) is 0.977. The number of carboxylic acid groups (broad SMARTS) is 1. The molecule has 0 aromatic heterocycles. The highest BCUT2D eigenvalue weighted by molar-refractivity contribution is 5.94. The van der Waals surface area contributed by atoms with Crippen molar-refractivity contribution in [3.63, 3.8) is 0 Å². The quantitative estimate of drug-likeness (QED) is 0.519. The fourth-order valence-electron chi connectivity index (χ4n) is 0.977. The average molecular weight is 215 g/mol. The van der Waals surface area contributed by atoms with E-state index in [-0.39, 0.29) is 24.7 Å². The van der Waals surface area contributed by atoms with Crippen molar-refractivity contribution in [2.75, 3.05) is 0 Å². The number of halogens is 1. The maximum absolute atomic E-state index is 10.3. The molecule has 0 amide bonds. The first-order valence-electron chi connectivity index (χ1n) is 3.74. The number of nitrogen functional groups attached to an aromatic ring is 1. The molecule has 4 N–H and O–H groups in total. The normalized spacial score (nSPS) is 8.86. The monoisotopic (exact) mass is 214 g/mol. The van der Waals surface area contributed by atoms with Gasteiger partial charge in [-0.3, -0.25) is 10.2 Å². The molecule has 0 aliphatic heterocycles. The van der Waals surface area contributed by atoms with Crippen LogP contribution < -0.4 is 5.73 Å². The third-order valence-corrected chi connectivity index (χ3v) is 1.62. The van der Waals surface area contributed by atoms with Crippen molar-refractivity contribution in [2.45, 2.75) is 6.42 Å². The number of amidine groups is 1. The molecular formula is C9H11ClN2O2. The van der Waals surface area contributed by atoms with Gasteiger partial charge in [0.05, 0.1) is 6.42 Å². The standard InChI is InChI=1S/C9H10N2O2.ClH/c10-9(11)7-3-1-6(2-4-7)5-8(12)13;/h1-4H,5H2,(H3,10,11)(H,12,13);1H. The van der Waals surface area contributed by atoms with Gasteiger partial charge in [-0.25, -0.2) is 0 Å². The predicted molar refractivity (Wildman–Crippen MR) is 56.0 cm³/mol. The first-order chi connectivity index (χ1) is 6.09. The fraction of sp³-hybridized carbons (Fsp3) is 0.111. The van der Waals surface area contributed by atoms with Crippen LogP contribution in [0.5, 0.6) is 0 Å². The van der Waals surface area contributed by atoms with Gasteiger partial charge in [0.15, 0.2) is 0 Å². The molecule has 0 aliphatic carbocycles. The Kier molecular flexibility index (Phi) is 4.66. The van der Waals surface area contributed by atoms with Crippen LogP contribution in [0.15, 0.2) is 24.3 Å². The molecule has 0 saturated carbocycles. The van der Waals surface area contributed by atoms with E-state index in [0.29, 0.717) is 11.1 Å². The molecule has 0 heterocycles. The summed E-state index contributed by atoms with van der Waals surface area (Å²) < 4.78 is 0. The largest absolute Gasteiger partial charge is 0.481 e.